The normalized spacial score (nSPS) is 27.5. The SMILES string of the molecule is c1ccc2sc(N3CCC[C@]4(CCOC4)C3)nc2c1. The smallest absolute Gasteiger partial charge is 0.186 e. The molecule has 1 atom stereocenters. The Morgan fingerprint density at radius 1 is 1.26 bits per heavy atom. The lowest BCUT2D eigenvalue weighted by Crippen LogP contribution is -2.43. The molecule has 100 valence electrons. The largest absolute Gasteiger partial charge is 0.381 e. The van der Waals surface area contributed by atoms with Crippen LogP contribution in [0.15, 0.2) is 24.3 Å². The molecule has 1 aromatic carbocycles. The molecule has 2 fully saturated rings. The molecule has 3 heterocycles. The highest BCUT2D eigenvalue weighted by atomic mass is 32.1. The van der Waals surface area contributed by atoms with Gasteiger partial charge in [0.15, 0.2) is 5.13 Å². The number of fused-ring (bicyclic) bond motifs is 1. The maximum atomic E-state index is 5.64. The van der Waals surface area contributed by atoms with Crippen LogP contribution < -0.4 is 4.90 Å². The molecule has 0 unspecified atom stereocenters. The minimum Gasteiger partial charge on any atom is -0.381 e. The van der Waals surface area contributed by atoms with Gasteiger partial charge in [0.25, 0.3) is 0 Å². The number of piperidine rings is 1. The van der Waals surface area contributed by atoms with Crippen LogP contribution in [0.5, 0.6) is 0 Å². The van der Waals surface area contributed by atoms with Crippen molar-refractivity contribution in [2.45, 2.75) is 19.3 Å². The monoisotopic (exact) mass is 274 g/mol. The maximum absolute atomic E-state index is 5.64. The molecule has 0 aliphatic carbocycles. The molecular formula is C15H18N2OS. The third kappa shape index (κ3) is 2.03. The van der Waals surface area contributed by atoms with E-state index in [9.17, 15) is 0 Å². The standard InChI is InChI=1S/C15H18N2OS/c1-2-5-13-12(4-1)16-14(19-13)17-8-3-6-15(10-17)7-9-18-11-15/h1-2,4-5H,3,6-11H2/t15-/m0/s1. The molecule has 0 saturated carbocycles. The number of ether oxygens (including phenoxy) is 1. The van der Waals surface area contributed by atoms with E-state index in [4.69, 9.17) is 9.72 Å². The van der Waals surface area contributed by atoms with Gasteiger partial charge in [0.1, 0.15) is 0 Å². The van der Waals surface area contributed by atoms with Crippen molar-refractivity contribution in [1.29, 1.82) is 0 Å². The topological polar surface area (TPSA) is 25.4 Å². The van der Waals surface area contributed by atoms with Crippen LogP contribution in [0.1, 0.15) is 19.3 Å². The van der Waals surface area contributed by atoms with Crippen molar-refractivity contribution in [3.8, 4) is 0 Å². The molecule has 0 N–H and O–H groups in total. The van der Waals surface area contributed by atoms with E-state index in [-0.39, 0.29) is 0 Å². The number of hydrogen-bond donors (Lipinski definition) is 0. The van der Waals surface area contributed by atoms with E-state index in [1.807, 2.05) is 11.3 Å². The lowest BCUT2D eigenvalue weighted by atomic mass is 9.79. The Morgan fingerprint density at radius 2 is 2.21 bits per heavy atom. The number of benzene rings is 1. The highest BCUT2D eigenvalue weighted by Crippen LogP contribution is 2.40. The first-order valence-electron chi connectivity index (χ1n) is 7.03. The second kappa shape index (κ2) is 4.46. The molecule has 0 radical (unpaired) electrons. The van der Waals surface area contributed by atoms with Crippen LogP contribution in [0.3, 0.4) is 0 Å². The summed E-state index contributed by atoms with van der Waals surface area (Å²) in [6.45, 7) is 4.14. The van der Waals surface area contributed by atoms with Gasteiger partial charge < -0.3 is 9.64 Å². The molecule has 3 nitrogen and oxygen atoms in total. The van der Waals surface area contributed by atoms with E-state index in [1.54, 1.807) is 0 Å². The van der Waals surface area contributed by atoms with E-state index >= 15 is 0 Å². The van der Waals surface area contributed by atoms with Gasteiger partial charge in [-0.2, -0.15) is 0 Å². The number of anilines is 1. The molecule has 1 aromatic heterocycles. The van der Waals surface area contributed by atoms with Crippen molar-refractivity contribution in [2.75, 3.05) is 31.2 Å². The van der Waals surface area contributed by atoms with Crippen LogP contribution in [-0.2, 0) is 4.74 Å². The van der Waals surface area contributed by atoms with Crippen LogP contribution in [0.2, 0.25) is 0 Å². The summed E-state index contributed by atoms with van der Waals surface area (Å²) >= 11 is 1.82. The van der Waals surface area contributed by atoms with Crippen LogP contribution in [0, 0.1) is 5.41 Å². The van der Waals surface area contributed by atoms with E-state index < -0.39 is 0 Å². The van der Waals surface area contributed by atoms with Crippen molar-refractivity contribution in [3.63, 3.8) is 0 Å². The maximum Gasteiger partial charge on any atom is 0.186 e. The van der Waals surface area contributed by atoms with Crippen molar-refractivity contribution in [3.05, 3.63) is 24.3 Å². The molecule has 2 aliphatic heterocycles. The summed E-state index contributed by atoms with van der Waals surface area (Å²) in [4.78, 5) is 7.27. The van der Waals surface area contributed by atoms with Crippen LogP contribution in [0.25, 0.3) is 10.2 Å². The fraction of sp³-hybridized carbons (Fsp3) is 0.533. The minimum atomic E-state index is 0.399. The fourth-order valence-corrected chi connectivity index (χ4v) is 4.33. The van der Waals surface area contributed by atoms with Crippen molar-refractivity contribution in [2.24, 2.45) is 5.41 Å². The average molecular weight is 274 g/mol. The Balaban J connectivity index is 1.64. The van der Waals surface area contributed by atoms with Gasteiger partial charge in [0, 0.05) is 25.1 Å². The Kier molecular flexibility index (Phi) is 2.74. The van der Waals surface area contributed by atoms with Crippen molar-refractivity contribution in [1.82, 2.24) is 4.98 Å². The summed E-state index contributed by atoms with van der Waals surface area (Å²) in [6.07, 6.45) is 3.79. The summed E-state index contributed by atoms with van der Waals surface area (Å²) in [6, 6.07) is 8.42. The summed E-state index contributed by atoms with van der Waals surface area (Å²) in [5.41, 5.74) is 1.53. The second-order valence-corrected chi connectivity index (χ2v) is 6.80. The van der Waals surface area contributed by atoms with E-state index in [2.05, 4.69) is 29.2 Å². The number of nitrogens with zero attached hydrogens (tertiary/aromatic N) is 2. The predicted molar refractivity (Wildman–Crippen MR) is 78.9 cm³/mol. The molecule has 2 aromatic rings. The molecule has 4 rings (SSSR count). The van der Waals surface area contributed by atoms with E-state index in [1.165, 1.54) is 29.1 Å². The van der Waals surface area contributed by atoms with Crippen molar-refractivity contribution < 1.29 is 4.74 Å². The third-order valence-corrected chi connectivity index (χ3v) is 5.50. The van der Waals surface area contributed by atoms with Crippen LogP contribution >= 0.6 is 11.3 Å². The molecule has 4 heteroatoms. The van der Waals surface area contributed by atoms with E-state index in [0.717, 1.165) is 31.8 Å². The zero-order chi connectivity index (χ0) is 12.7. The molecule has 0 bridgehead atoms. The quantitative estimate of drug-likeness (QED) is 0.798. The van der Waals surface area contributed by atoms with Gasteiger partial charge >= 0.3 is 0 Å². The third-order valence-electron chi connectivity index (χ3n) is 4.40. The van der Waals surface area contributed by atoms with Crippen LogP contribution in [-0.4, -0.2) is 31.3 Å². The lowest BCUT2D eigenvalue weighted by Gasteiger charge is -2.39. The number of para-hydroxylation sites is 1. The summed E-state index contributed by atoms with van der Waals surface area (Å²) < 4.78 is 6.93. The highest BCUT2D eigenvalue weighted by molar-refractivity contribution is 7.22. The summed E-state index contributed by atoms with van der Waals surface area (Å²) in [7, 11) is 0. The second-order valence-electron chi connectivity index (χ2n) is 5.79. The first-order chi connectivity index (χ1) is 9.35. The predicted octanol–water partition coefficient (Wildman–Crippen LogP) is 3.30. The van der Waals surface area contributed by atoms with Gasteiger partial charge in [0.05, 0.1) is 16.8 Å². The molecule has 2 saturated heterocycles. The van der Waals surface area contributed by atoms with Gasteiger partial charge in [-0.15, -0.1) is 0 Å². The van der Waals surface area contributed by atoms with Crippen LogP contribution in [0.4, 0.5) is 5.13 Å². The molecule has 0 amide bonds. The van der Waals surface area contributed by atoms with Gasteiger partial charge in [-0.05, 0) is 31.4 Å². The van der Waals surface area contributed by atoms with Crippen molar-refractivity contribution >= 4 is 26.7 Å². The number of hydrogen-bond acceptors (Lipinski definition) is 4. The minimum absolute atomic E-state index is 0.399. The number of aromatic nitrogens is 1. The highest BCUT2D eigenvalue weighted by Gasteiger charge is 2.39. The Hall–Kier alpha value is -1.13. The summed E-state index contributed by atoms with van der Waals surface area (Å²) in [5, 5.41) is 1.19. The van der Waals surface area contributed by atoms with Gasteiger partial charge in [0.2, 0.25) is 0 Å². The first-order valence-corrected chi connectivity index (χ1v) is 7.85. The first kappa shape index (κ1) is 11.7. The number of thiazole rings is 1. The fourth-order valence-electron chi connectivity index (χ4n) is 3.34. The Labute approximate surface area is 117 Å². The zero-order valence-corrected chi connectivity index (χ0v) is 11.8. The number of rotatable bonds is 1. The zero-order valence-electron chi connectivity index (χ0n) is 11.0. The van der Waals surface area contributed by atoms with E-state index in [0.29, 0.717) is 5.41 Å². The Morgan fingerprint density at radius 3 is 3.05 bits per heavy atom. The molecule has 19 heavy (non-hydrogen) atoms. The molecule has 2 aliphatic rings. The molecule has 1 spiro atoms. The van der Waals surface area contributed by atoms with Gasteiger partial charge in [-0.25, -0.2) is 4.98 Å². The van der Waals surface area contributed by atoms with Gasteiger partial charge in [-0.1, -0.05) is 23.5 Å². The summed E-state index contributed by atoms with van der Waals surface area (Å²) in [5.74, 6) is 0. The lowest BCUT2D eigenvalue weighted by molar-refractivity contribution is 0.139. The van der Waals surface area contributed by atoms with Gasteiger partial charge in [-0.3, -0.25) is 0 Å². The average Bonchev–Trinajstić information content (AvgIpc) is 3.05. The Bertz CT molecular complexity index is 556. The molecular weight excluding hydrogens is 256 g/mol.